The highest BCUT2D eigenvalue weighted by Crippen LogP contribution is 2.29. The summed E-state index contributed by atoms with van der Waals surface area (Å²) in [4.78, 5) is 0. The molecule has 0 aromatic heterocycles. The Balaban J connectivity index is 2.27. The summed E-state index contributed by atoms with van der Waals surface area (Å²) in [5.41, 5.74) is 7.46. The highest BCUT2D eigenvalue weighted by Gasteiger charge is 2.15. The number of rotatable bonds is 4. The minimum absolute atomic E-state index is 0.0858. The lowest BCUT2D eigenvalue weighted by molar-refractivity contribution is 0.414. The van der Waals surface area contributed by atoms with Gasteiger partial charge in [0.25, 0.3) is 0 Å². The number of hydrogen-bond donors (Lipinski definition) is 1. The van der Waals surface area contributed by atoms with Gasteiger partial charge in [-0.3, -0.25) is 0 Å². The molecule has 0 fully saturated rings. The van der Waals surface area contributed by atoms with E-state index in [1.54, 1.807) is 19.2 Å². The summed E-state index contributed by atoms with van der Waals surface area (Å²) in [6.45, 7) is 0. The van der Waals surface area contributed by atoms with Crippen molar-refractivity contribution < 1.29 is 9.13 Å². The van der Waals surface area contributed by atoms with Gasteiger partial charge in [0.15, 0.2) is 0 Å². The first-order chi connectivity index (χ1) is 9.52. The number of methoxy groups -OCH3 is 1. The third-order valence-electron chi connectivity index (χ3n) is 3.07. The Labute approximate surface area is 130 Å². The van der Waals surface area contributed by atoms with E-state index < -0.39 is 11.9 Å². The number of nitrogens with two attached hydrogens (primary N) is 1. The van der Waals surface area contributed by atoms with E-state index >= 15 is 0 Å². The molecule has 0 saturated heterocycles. The quantitative estimate of drug-likeness (QED) is 0.874. The van der Waals surface area contributed by atoms with Crippen molar-refractivity contribution in [3.63, 3.8) is 0 Å². The summed E-state index contributed by atoms with van der Waals surface area (Å²) in [7, 11) is 1.60. The zero-order chi connectivity index (χ0) is 14.7. The molecule has 2 aromatic carbocycles. The van der Waals surface area contributed by atoms with Crippen LogP contribution in [0.25, 0.3) is 0 Å². The first-order valence-electron chi connectivity index (χ1n) is 6.05. The second kappa shape index (κ2) is 6.57. The van der Waals surface area contributed by atoms with E-state index in [9.17, 15) is 4.39 Å². The second-order valence-electron chi connectivity index (χ2n) is 4.41. The minimum Gasteiger partial charge on any atom is -0.497 e. The summed E-state index contributed by atoms with van der Waals surface area (Å²) in [6, 6.07) is 9.99. The van der Waals surface area contributed by atoms with E-state index in [0.717, 1.165) is 15.8 Å². The molecule has 0 aliphatic rings. The van der Waals surface area contributed by atoms with Crippen LogP contribution < -0.4 is 10.5 Å². The van der Waals surface area contributed by atoms with Crippen molar-refractivity contribution >= 4 is 27.5 Å². The van der Waals surface area contributed by atoms with Gasteiger partial charge in [-0.15, -0.1) is 0 Å². The van der Waals surface area contributed by atoms with Gasteiger partial charge in [0, 0.05) is 16.1 Å². The molecule has 20 heavy (non-hydrogen) atoms. The first-order valence-corrected chi connectivity index (χ1v) is 7.22. The van der Waals surface area contributed by atoms with Gasteiger partial charge in [0.05, 0.1) is 12.1 Å². The molecule has 2 N–H and O–H groups in total. The third-order valence-corrected chi connectivity index (χ3v) is 4.14. The molecule has 1 atom stereocenters. The van der Waals surface area contributed by atoms with Gasteiger partial charge < -0.3 is 10.5 Å². The summed E-state index contributed by atoms with van der Waals surface area (Å²) in [5.74, 6) is 0.280. The van der Waals surface area contributed by atoms with Crippen LogP contribution >= 0.6 is 27.5 Å². The van der Waals surface area contributed by atoms with Crippen LogP contribution in [0.5, 0.6) is 5.75 Å². The van der Waals surface area contributed by atoms with Gasteiger partial charge in [-0.05, 0) is 36.2 Å². The van der Waals surface area contributed by atoms with Crippen LogP contribution in [-0.4, -0.2) is 7.11 Å². The Morgan fingerprint density at radius 1 is 1.35 bits per heavy atom. The van der Waals surface area contributed by atoms with Crippen LogP contribution in [-0.2, 0) is 6.42 Å². The number of ether oxygens (including phenoxy) is 1. The Morgan fingerprint density at radius 3 is 2.80 bits per heavy atom. The Hall–Kier alpha value is -1.10. The fourth-order valence-corrected chi connectivity index (χ4v) is 2.58. The van der Waals surface area contributed by atoms with Crippen molar-refractivity contribution in [2.45, 2.75) is 12.5 Å². The highest BCUT2D eigenvalue weighted by molar-refractivity contribution is 9.10. The van der Waals surface area contributed by atoms with Gasteiger partial charge >= 0.3 is 0 Å². The predicted octanol–water partition coefficient (Wildman–Crippen LogP) is 4.49. The zero-order valence-corrected chi connectivity index (χ0v) is 13.2. The molecule has 5 heteroatoms. The largest absolute Gasteiger partial charge is 0.497 e. The fourth-order valence-electron chi connectivity index (χ4n) is 1.99. The number of benzene rings is 2. The molecule has 2 nitrogen and oxygen atoms in total. The molecule has 106 valence electrons. The van der Waals surface area contributed by atoms with Crippen molar-refractivity contribution in [2.24, 2.45) is 5.73 Å². The van der Waals surface area contributed by atoms with Crippen LogP contribution in [0.15, 0.2) is 40.9 Å². The molecule has 0 aliphatic carbocycles. The molecule has 0 bridgehead atoms. The summed E-state index contributed by atoms with van der Waals surface area (Å²) in [6.07, 6.45) is 0.481. The topological polar surface area (TPSA) is 35.2 Å². The first kappa shape index (κ1) is 15.3. The molecule has 0 radical (unpaired) electrons. The third kappa shape index (κ3) is 3.32. The molecule has 0 spiro atoms. The molecule has 0 heterocycles. The van der Waals surface area contributed by atoms with E-state index in [0.29, 0.717) is 12.0 Å². The maximum absolute atomic E-state index is 14.0. The summed E-state index contributed by atoms with van der Waals surface area (Å²) < 4.78 is 20.0. The summed E-state index contributed by atoms with van der Waals surface area (Å²) in [5, 5.41) is 0.0858. The molecular formula is C15H14BrClFNO. The van der Waals surface area contributed by atoms with E-state index in [-0.39, 0.29) is 5.02 Å². The number of halogens is 3. The molecule has 1 unspecified atom stereocenters. The predicted molar refractivity (Wildman–Crippen MR) is 82.7 cm³/mol. The second-order valence-corrected chi connectivity index (χ2v) is 5.67. The average Bonchev–Trinajstić information content (AvgIpc) is 2.44. The van der Waals surface area contributed by atoms with Crippen molar-refractivity contribution in [2.75, 3.05) is 7.11 Å². The molecule has 0 aliphatic heterocycles. The van der Waals surface area contributed by atoms with E-state index in [1.165, 1.54) is 6.07 Å². The fraction of sp³-hybridized carbons (Fsp3) is 0.200. The maximum Gasteiger partial charge on any atom is 0.146 e. The molecule has 0 amide bonds. The highest BCUT2D eigenvalue weighted by atomic mass is 79.9. The van der Waals surface area contributed by atoms with Crippen molar-refractivity contribution in [1.82, 2.24) is 0 Å². The Bertz CT molecular complexity index is 621. The lowest BCUT2D eigenvalue weighted by atomic mass is 9.99. The van der Waals surface area contributed by atoms with Gasteiger partial charge in [-0.25, -0.2) is 4.39 Å². The average molecular weight is 359 g/mol. The smallest absolute Gasteiger partial charge is 0.146 e. The van der Waals surface area contributed by atoms with Crippen molar-refractivity contribution in [1.29, 1.82) is 0 Å². The van der Waals surface area contributed by atoms with Crippen molar-refractivity contribution in [3.05, 3.63) is 62.8 Å². The van der Waals surface area contributed by atoms with Gasteiger partial charge in [-0.2, -0.15) is 0 Å². The van der Waals surface area contributed by atoms with Crippen LogP contribution in [0.1, 0.15) is 17.2 Å². The summed E-state index contributed by atoms with van der Waals surface area (Å²) >= 11 is 9.24. The monoisotopic (exact) mass is 357 g/mol. The van der Waals surface area contributed by atoms with Gasteiger partial charge in [-0.1, -0.05) is 39.7 Å². The Kier molecular flexibility index (Phi) is 5.02. The normalized spacial score (nSPS) is 12.2. The standard InChI is InChI=1S/C15H14BrClFNO/c1-20-10-5-6-12(16)9(7-10)8-14(19)11-3-2-4-13(17)15(11)18/h2-7,14H,8,19H2,1H3. The molecule has 0 saturated carbocycles. The van der Waals surface area contributed by atoms with E-state index in [1.807, 2.05) is 18.2 Å². The van der Waals surface area contributed by atoms with Crippen LogP contribution in [0.3, 0.4) is 0 Å². The van der Waals surface area contributed by atoms with E-state index in [2.05, 4.69) is 15.9 Å². The van der Waals surface area contributed by atoms with E-state index in [4.69, 9.17) is 22.1 Å². The zero-order valence-electron chi connectivity index (χ0n) is 10.9. The SMILES string of the molecule is COc1ccc(Br)c(CC(N)c2cccc(Cl)c2F)c1. The minimum atomic E-state index is -0.475. The van der Waals surface area contributed by atoms with Crippen molar-refractivity contribution in [3.8, 4) is 5.75 Å². The molecular weight excluding hydrogens is 345 g/mol. The molecule has 2 aromatic rings. The van der Waals surface area contributed by atoms with Crippen LogP contribution in [0.2, 0.25) is 5.02 Å². The lowest BCUT2D eigenvalue weighted by Crippen LogP contribution is -2.15. The van der Waals surface area contributed by atoms with Gasteiger partial charge in [0.2, 0.25) is 0 Å². The van der Waals surface area contributed by atoms with Crippen LogP contribution in [0, 0.1) is 5.82 Å². The number of hydrogen-bond acceptors (Lipinski definition) is 2. The lowest BCUT2D eigenvalue weighted by Gasteiger charge is -2.15. The Morgan fingerprint density at radius 2 is 2.10 bits per heavy atom. The van der Waals surface area contributed by atoms with Gasteiger partial charge in [0.1, 0.15) is 11.6 Å². The maximum atomic E-state index is 14.0. The van der Waals surface area contributed by atoms with Crippen LogP contribution in [0.4, 0.5) is 4.39 Å². The molecule has 2 rings (SSSR count).